The molecule has 1 radical (unpaired) electrons. The molecule has 5 heteroatoms. The first-order chi connectivity index (χ1) is 6.02. The molecular formula is C8H6F2NO2. The maximum absolute atomic E-state index is 12.6. The van der Waals surface area contributed by atoms with Crippen molar-refractivity contribution in [1.82, 2.24) is 0 Å². The Morgan fingerprint density at radius 1 is 1.31 bits per heavy atom. The number of carbonyl (C=O) groups is 1. The Balaban J connectivity index is 3.03. The fourth-order valence-electron chi connectivity index (χ4n) is 0.799. The number of amides is 1. The Kier molecular flexibility index (Phi) is 2.46. The van der Waals surface area contributed by atoms with Gasteiger partial charge in [-0.15, -0.1) is 0 Å². The van der Waals surface area contributed by atoms with Gasteiger partial charge in [-0.1, -0.05) is 0 Å². The van der Waals surface area contributed by atoms with Gasteiger partial charge in [0.2, 0.25) is 0 Å². The van der Waals surface area contributed by atoms with Crippen LogP contribution in [0.15, 0.2) is 18.2 Å². The summed E-state index contributed by atoms with van der Waals surface area (Å²) in [6.45, 7) is 0. The summed E-state index contributed by atoms with van der Waals surface area (Å²) in [6, 6.07) is 2.78. The maximum atomic E-state index is 12.6. The van der Waals surface area contributed by atoms with Crippen LogP contribution in [-0.4, -0.2) is 13.1 Å². The molecule has 69 valence electrons. The van der Waals surface area contributed by atoms with E-state index >= 15 is 0 Å². The van der Waals surface area contributed by atoms with Crippen LogP contribution in [0.4, 0.5) is 19.3 Å². The third-order valence-electron chi connectivity index (χ3n) is 1.56. The van der Waals surface area contributed by atoms with Gasteiger partial charge < -0.3 is 0 Å². The normalized spacial score (nSPS) is 9.77. The lowest BCUT2D eigenvalue weighted by Crippen LogP contribution is -2.22. The zero-order chi connectivity index (χ0) is 10.0. The molecule has 0 N–H and O–H groups in total. The van der Waals surface area contributed by atoms with Gasteiger partial charge in [-0.2, -0.15) is 0 Å². The Bertz CT molecular complexity index is 341. The molecule has 1 amide bonds. The average molecular weight is 186 g/mol. The summed E-state index contributed by atoms with van der Waals surface area (Å²) in [4.78, 5) is 11.0. The number of nitrogens with zero attached hydrogens (tertiary/aromatic N) is 1. The second kappa shape index (κ2) is 3.38. The predicted octanol–water partition coefficient (Wildman–Crippen LogP) is 1.95. The number of halogens is 2. The molecule has 13 heavy (non-hydrogen) atoms. The summed E-state index contributed by atoms with van der Waals surface area (Å²) in [5.74, 6) is -2.11. The van der Waals surface area contributed by atoms with E-state index in [1.807, 2.05) is 0 Å². The smallest absolute Gasteiger partial charge is 0.278 e. The second-order valence-electron chi connectivity index (χ2n) is 2.42. The van der Waals surface area contributed by atoms with E-state index in [-0.39, 0.29) is 5.69 Å². The summed E-state index contributed by atoms with van der Waals surface area (Å²) in [5, 5.41) is 10.3. The van der Waals surface area contributed by atoms with Crippen LogP contribution in [0.3, 0.4) is 0 Å². The number of hydrogen-bond donors (Lipinski definition) is 0. The molecule has 0 heterocycles. The number of benzene rings is 1. The number of carbonyl (C=O) groups excluding carboxylic acids is 1. The van der Waals surface area contributed by atoms with Crippen LogP contribution in [0.25, 0.3) is 0 Å². The summed E-state index contributed by atoms with van der Waals surface area (Å²) in [6.07, 6.45) is -1.48. The molecular weight excluding hydrogens is 180 g/mol. The van der Waals surface area contributed by atoms with E-state index in [1.54, 1.807) is 0 Å². The maximum Gasteiger partial charge on any atom is 0.457 e. The first-order valence-electron chi connectivity index (χ1n) is 3.42. The van der Waals surface area contributed by atoms with Gasteiger partial charge in [-0.3, -0.25) is 4.90 Å². The van der Waals surface area contributed by atoms with Gasteiger partial charge in [0.15, 0.2) is 11.6 Å². The minimum Gasteiger partial charge on any atom is -0.278 e. The van der Waals surface area contributed by atoms with Crippen molar-refractivity contribution in [3.8, 4) is 0 Å². The molecule has 0 saturated carbocycles. The molecule has 1 aromatic rings. The predicted molar refractivity (Wildman–Crippen MR) is 40.8 cm³/mol. The summed E-state index contributed by atoms with van der Waals surface area (Å²) in [7, 11) is 1.18. The molecule has 0 atom stereocenters. The summed E-state index contributed by atoms with van der Waals surface area (Å²) >= 11 is 0. The Morgan fingerprint density at radius 2 is 1.92 bits per heavy atom. The van der Waals surface area contributed by atoms with Gasteiger partial charge >= 0.3 is 6.09 Å². The third-order valence-corrected chi connectivity index (χ3v) is 1.56. The highest BCUT2D eigenvalue weighted by atomic mass is 19.2. The molecule has 0 aliphatic carbocycles. The lowest BCUT2D eigenvalue weighted by Gasteiger charge is -2.10. The van der Waals surface area contributed by atoms with Gasteiger partial charge in [0, 0.05) is 18.8 Å². The molecule has 3 nitrogen and oxygen atoms in total. The van der Waals surface area contributed by atoms with Crippen molar-refractivity contribution in [2.75, 3.05) is 11.9 Å². The van der Waals surface area contributed by atoms with Crippen molar-refractivity contribution in [1.29, 1.82) is 0 Å². The first-order valence-corrected chi connectivity index (χ1v) is 3.42. The summed E-state index contributed by atoms with van der Waals surface area (Å²) < 4.78 is 25.0. The van der Waals surface area contributed by atoms with Gasteiger partial charge in [0.25, 0.3) is 0 Å². The van der Waals surface area contributed by atoms with Crippen LogP contribution in [0.1, 0.15) is 0 Å². The molecule has 0 aromatic heterocycles. The Hall–Kier alpha value is -1.65. The summed E-state index contributed by atoms with van der Waals surface area (Å²) in [5.41, 5.74) is 0.0268. The Labute approximate surface area is 73.2 Å². The van der Waals surface area contributed by atoms with Crippen LogP contribution < -0.4 is 4.90 Å². The van der Waals surface area contributed by atoms with Crippen LogP contribution >= 0.6 is 0 Å². The topological polar surface area (TPSA) is 40.2 Å². The van der Waals surface area contributed by atoms with Crippen molar-refractivity contribution in [2.45, 2.75) is 0 Å². The first kappa shape index (κ1) is 9.44. The van der Waals surface area contributed by atoms with Crippen molar-refractivity contribution < 1.29 is 18.7 Å². The highest BCUT2D eigenvalue weighted by Crippen LogP contribution is 2.16. The van der Waals surface area contributed by atoms with Crippen molar-refractivity contribution in [3.05, 3.63) is 29.8 Å². The molecule has 0 fully saturated rings. The van der Waals surface area contributed by atoms with Crippen LogP contribution in [0, 0.1) is 11.6 Å². The molecule has 0 spiro atoms. The van der Waals surface area contributed by atoms with Crippen molar-refractivity contribution in [2.24, 2.45) is 0 Å². The van der Waals surface area contributed by atoms with E-state index in [1.165, 1.54) is 7.05 Å². The van der Waals surface area contributed by atoms with Gasteiger partial charge in [0.1, 0.15) is 0 Å². The molecule has 0 unspecified atom stereocenters. The molecule has 0 aliphatic rings. The molecule has 1 aromatic carbocycles. The SMILES string of the molecule is CN(C([O])=O)c1ccc(F)c(F)c1. The van der Waals surface area contributed by atoms with Gasteiger partial charge in [0.05, 0.1) is 0 Å². The van der Waals surface area contributed by atoms with E-state index in [0.29, 0.717) is 4.90 Å². The highest BCUT2D eigenvalue weighted by Gasteiger charge is 2.12. The minimum absolute atomic E-state index is 0.0268. The van der Waals surface area contributed by atoms with E-state index in [2.05, 4.69) is 0 Å². The van der Waals surface area contributed by atoms with Crippen LogP contribution in [0.2, 0.25) is 0 Å². The van der Waals surface area contributed by atoms with Gasteiger partial charge in [-0.05, 0) is 12.1 Å². The average Bonchev–Trinajstić information content (AvgIpc) is 2.08. The largest absolute Gasteiger partial charge is 0.457 e. The van der Waals surface area contributed by atoms with Crippen LogP contribution in [-0.2, 0) is 5.11 Å². The van der Waals surface area contributed by atoms with E-state index < -0.39 is 17.7 Å². The fourth-order valence-corrected chi connectivity index (χ4v) is 0.799. The fraction of sp³-hybridized carbons (Fsp3) is 0.125. The van der Waals surface area contributed by atoms with Crippen molar-refractivity contribution >= 4 is 11.8 Å². The van der Waals surface area contributed by atoms with Crippen LogP contribution in [0.5, 0.6) is 0 Å². The Morgan fingerprint density at radius 3 is 2.38 bits per heavy atom. The highest BCUT2D eigenvalue weighted by molar-refractivity contribution is 5.84. The monoisotopic (exact) mass is 186 g/mol. The minimum atomic E-state index is -1.48. The molecule has 1 rings (SSSR count). The van der Waals surface area contributed by atoms with E-state index in [4.69, 9.17) is 0 Å². The molecule has 0 saturated heterocycles. The third kappa shape index (κ3) is 1.93. The lowest BCUT2D eigenvalue weighted by molar-refractivity contribution is 0.178. The number of anilines is 1. The van der Waals surface area contributed by atoms with E-state index in [0.717, 1.165) is 18.2 Å². The number of rotatable bonds is 1. The standard InChI is InChI=1S/C8H6F2NO2/c1-11(8(12)13)5-2-3-6(9)7(10)4-5/h2-4H,1H3. The zero-order valence-corrected chi connectivity index (χ0v) is 6.75. The van der Waals surface area contributed by atoms with Gasteiger partial charge in [-0.25, -0.2) is 18.7 Å². The lowest BCUT2D eigenvalue weighted by atomic mass is 10.3. The molecule has 0 aliphatic heterocycles. The number of hydrogen-bond acceptors (Lipinski definition) is 1. The second-order valence-corrected chi connectivity index (χ2v) is 2.42. The quantitative estimate of drug-likeness (QED) is 0.660. The van der Waals surface area contributed by atoms with E-state index in [9.17, 15) is 18.7 Å². The van der Waals surface area contributed by atoms with Crippen molar-refractivity contribution in [3.63, 3.8) is 0 Å². The zero-order valence-electron chi connectivity index (χ0n) is 6.75. The molecule has 0 bridgehead atoms.